The first-order valence-electron chi connectivity index (χ1n) is 5.22. The summed E-state index contributed by atoms with van der Waals surface area (Å²) in [5, 5.41) is 19.3. The fraction of sp³-hybridized carbons (Fsp3) is 1.00. The van der Waals surface area contributed by atoms with Crippen LogP contribution >= 0.6 is 0 Å². The number of alkyl halides is 1. The van der Waals surface area contributed by atoms with Gasteiger partial charge in [0.25, 0.3) is 0 Å². The zero-order valence-corrected chi connectivity index (χ0v) is 8.89. The van der Waals surface area contributed by atoms with Gasteiger partial charge >= 0.3 is 0 Å². The van der Waals surface area contributed by atoms with Gasteiger partial charge in [-0.3, -0.25) is 4.39 Å². The largest absolute Gasteiger partial charge is 0.390 e. The monoisotopic (exact) mass is 220 g/mol. The van der Waals surface area contributed by atoms with Gasteiger partial charge in [-0.1, -0.05) is 0 Å². The molecule has 0 amide bonds. The quantitative estimate of drug-likeness (QED) is 0.663. The summed E-state index contributed by atoms with van der Waals surface area (Å²) in [5.41, 5.74) is 0. The number of hydrogen-bond donors (Lipinski definition) is 2. The molecule has 0 aromatic rings. The third-order valence-corrected chi connectivity index (χ3v) is 3.10. The summed E-state index contributed by atoms with van der Waals surface area (Å²) in [6, 6.07) is 0. The lowest BCUT2D eigenvalue weighted by Gasteiger charge is -2.36. The van der Waals surface area contributed by atoms with Crippen LogP contribution in [-0.4, -0.2) is 47.1 Å². The van der Waals surface area contributed by atoms with Gasteiger partial charge in [-0.2, -0.15) is 0 Å². The number of hydrogen-bond acceptors (Lipinski definition) is 4. The molecule has 0 aromatic carbocycles. The molecular formula is C10H17FO4. The van der Waals surface area contributed by atoms with E-state index >= 15 is 0 Å². The van der Waals surface area contributed by atoms with Crippen LogP contribution in [0.1, 0.15) is 20.3 Å². The number of fused-ring (bicyclic) bond motifs is 1. The minimum Gasteiger partial charge on any atom is -0.390 e. The summed E-state index contributed by atoms with van der Waals surface area (Å²) >= 11 is 0. The van der Waals surface area contributed by atoms with Crippen molar-refractivity contribution in [3.63, 3.8) is 0 Å². The summed E-state index contributed by atoms with van der Waals surface area (Å²) in [6.07, 6.45) is -2.77. The smallest absolute Gasteiger partial charge is 0.163 e. The van der Waals surface area contributed by atoms with Gasteiger partial charge in [-0.25, -0.2) is 0 Å². The minimum atomic E-state index is -0.987. The maximum atomic E-state index is 12.7. The van der Waals surface area contributed by atoms with Crippen LogP contribution in [0.15, 0.2) is 0 Å². The summed E-state index contributed by atoms with van der Waals surface area (Å²) < 4.78 is 23.8. The molecule has 2 aliphatic rings. The predicted octanol–water partition coefficient (Wildman–Crippen LogP) is 0.218. The molecule has 2 N–H and O–H groups in total. The molecular weight excluding hydrogens is 203 g/mol. The summed E-state index contributed by atoms with van der Waals surface area (Å²) in [7, 11) is 0. The highest BCUT2D eigenvalue weighted by atomic mass is 19.1. The molecule has 15 heavy (non-hydrogen) atoms. The zero-order valence-electron chi connectivity index (χ0n) is 8.89. The van der Waals surface area contributed by atoms with Gasteiger partial charge < -0.3 is 19.7 Å². The topological polar surface area (TPSA) is 58.9 Å². The van der Waals surface area contributed by atoms with E-state index < -0.39 is 42.8 Å². The van der Waals surface area contributed by atoms with Gasteiger partial charge in [-0.05, 0) is 20.3 Å². The van der Waals surface area contributed by atoms with Crippen molar-refractivity contribution in [2.24, 2.45) is 5.92 Å². The van der Waals surface area contributed by atoms with Crippen molar-refractivity contribution in [3.05, 3.63) is 0 Å². The van der Waals surface area contributed by atoms with Gasteiger partial charge in [0.1, 0.15) is 12.2 Å². The van der Waals surface area contributed by atoms with Crippen molar-refractivity contribution in [2.45, 2.75) is 50.5 Å². The first-order valence-corrected chi connectivity index (χ1v) is 5.22. The lowest BCUT2D eigenvalue weighted by Crippen LogP contribution is -2.52. The van der Waals surface area contributed by atoms with Crippen LogP contribution in [0.4, 0.5) is 4.39 Å². The normalized spacial score (nSPS) is 49.0. The number of aliphatic hydroxyl groups is 2. The summed E-state index contributed by atoms with van der Waals surface area (Å²) in [6.45, 7) is 2.88. The van der Waals surface area contributed by atoms with Gasteiger partial charge in [0, 0.05) is 5.92 Å². The van der Waals surface area contributed by atoms with Crippen LogP contribution in [0.2, 0.25) is 0 Å². The average molecular weight is 220 g/mol. The van der Waals surface area contributed by atoms with E-state index in [4.69, 9.17) is 9.47 Å². The Morgan fingerprint density at radius 1 is 1.27 bits per heavy atom. The van der Waals surface area contributed by atoms with E-state index in [2.05, 4.69) is 0 Å². The Bertz CT molecular complexity index is 238. The number of aliphatic hydroxyl groups excluding tert-OH is 2. The maximum Gasteiger partial charge on any atom is 0.163 e. The second kappa shape index (κ2) is 3.66. The van der Waals surface area contributed by atoms with Crippen LogP contribution in [0.25, 0.3) is 0 Å². The number of ether oxygens (including phenoxy) is 2. The first-order chi connectivity index (χ1) is 6.94. The molecule has 1 aliphatic heterocycles. The minimum absolute atomic E-state index is 0.221. The molecule has 88 valence electrons. The van der Waals surface area contributed by atoms with Gasteiger partial charge in [0.05, 0.1) is 18.9 Å². The average Bonchev–Trinajstić information content (AvgIpc) is 2.48. The molecule has 4 nitrogen and oxygen atoms in total. The van der Waals surface area contributed by atoms with Gasteiger partial charge in [0.15, 0.2) is 5.79 Å². The highest BCUT2D eigenvalue weighted by molar-refractivity contribution is 4.98. The third-order valence-electron chi connectivity index (χ3n) is 3.10. The Balaban J connectivity index is 2.18. The van der Waals surface area contributed by atoms with Crippen molar-refractivity contribution in [3.8, 4) is 0 Å². The molecule has 0 unspecified atom stereocenters. The fourth-order valence-electron chi connectivity index (χ4n) is 2.40. The predicted molar refractivity (Wildman–Crippen MR) is 49.9 cm³/mol. The fourth-order valence-corrected chi connectivity index (χ4v) is 2.40. The summed E-state index contributed by atoms with van der Waals surface area (Å²) in [4.78, 5) is 0. The molecule has 2 fully saturated rings. The van der Waals surface area contributed by atoms with E-state index in [9.17, 15) is 14.6 Å². The van der Waals surface area contributed by atoms with Crippen LogP contribution in [0.5, 0.6) is 0 Å². The van der Waals surface area contributed by atoms with E-state index in [0.29, 0.717) is 0 Å². The Labute approximate surface area is 88.0 Å². The van der Waals surface area contributed by atoms with E-state index in [-0.39, 0.29) is 6.42 Å². The lowest BCUT2D eigenvalue weighted by molar-refractivity contribution is -0.159. The molecule has 0 spiro atoms. The van der Waals surface area contributed by atoms with E-state index in [1.807, 2.05) is 0 Å². The number of rotatable bonds is 1. The molecule has 0 aromatic heterocycles. The van der Waals surface area contributed by atoms with E-state index in [1.165, 1.54) is 0 Å². The van der Waals surface area contributed by atoms with Crippen molar-refractivity contribution in [1.82, 2.24) is 0 Å². The van der Waals surface area contributed by atoms with E-state index in [0.717, 1.165) is 0 Å². The Kier molecular flexibility index (Phi) is 2.75. The van der Waals surface area contributed by atoms with Crippen molar-refractivity contribution in [1.29, 1.82) is 0 Å². The first kappa shape index (κ1) is 11.3. The van der Waals surface area contributed by atoms with Gasteiger partial charge in [0.2, 0.25) is 0 Å². The lowest BCUT2D eigenvalue weighted by atomic mass is 9.81. The second-order valence-electron chi connectivity index (χ2n) is 4.77. The highest BCUT2D eigenvalue weighted by Crippen LogP contribution is 2.40. The van der Waals surface area contributed by atoms with Crippen molar-refractivity contribution >= 4 is 0 Å². The Hall–Kier alpha value is -0.230. The molecule has 1 saturated heterocycles. The second-order valence-corrected chi connectivity index (χ2v) is 4.77. The number of halogens is 1. The van der Waals surface area contributed by atoms with Crippen LogP contribution in [0, 0.1) is 5.92 Å². The third kappa shape index (κ3) is 1.89. The van der Waals surface area contributed by atoms with Gasteiger partial charge in [-0.15, -0.1) is 0 Å². The Morgan fingerprint density at radius 2 is 1.87 bits per heavy atom. The summed E-state index contributed by atoms with van der Waals surface area (Å²) in [5.74, 6) is -1.21. The van der Waals surface area contributed by atoms with E-state index in [1.54, 1.807) is 13.8 Å². The standard InChI is InChI=1S/C10H17FO4/c1-10(2)14-8-5(4-11)3-6(12)7(13)9(8)15-10/h5-9,12-13H,3-4H2,1-2H3/t5-,6-,7+,8+,9-/m0/s1. The maximum absolute atomic E-state index is 12.7. The Morgan fingerprint density at radius 3 is 2.47 bits per heavy atom. The zero-order chi connectivity index (χ0) is 11.2. The van der Waals surface area contributed by atoms with Crippen molar-refractivity contribution in [2.75, 3.05) is 6.67 Å². The van der Waals surface area contributed by atoms with Crippen LogP contribution in [-0.2, 0) is 9.47 Å². The highest BCUT2D eigenvalue weighted by Gasteiger charge is 2.53. The molecule has 5 heteroatoms. The molecule has 1 aliphatic carbocycles. The molecule has 2 rings (SSSR count). The molecule has 1 saturated carbocycles. The van der Waals surface area contributed by atoms with Crippen LogP contribution in [0.3, 0.4) is 0 Å². The van der Waals surface area contributed by atoms with Crippen molar-refractivity contribution < 1.29 is 24.1 Å². The molecule has 0 radical (unpaired) electrons. The van der Waals surface area contributed by atoms with Crippen LogP contribution < -0.4 is 0 Å². The molecule has 1 heterocycles. The molecule has 5 atom stereocenters. The molecule has 0 bridgehead atoms. The SMILES string of the molecule is CC1(C)O[C@@H]2[C@H](CF)C[C@H](O)[C@@H](O)[C@@H]2O1.